The van der Waals surface area contributed by atoms with Gasteiger partial charge in [-0.25, -0.2) is 0 Å². The van der Waals surface area contributed by atoms with E-state index in [4.69, 9.17) is 10.5 Å². The van der Waals surface area contributed by atoms with Gasteiger partial charge in [-0.2, -0.15) is 0 Å². The van der Waals surface area contributed by atoms with Crippen LogP contribution < -0.4 is 5.73 Å². The van der Waals surface area contributed by atoms with Crippen molar-refractivity contribution in [2.75, 3.05) is 13.2 Å². The molecule has 0 aliphatic carbocycles. The Bertz CT molecular complexity index is 128. The molecule has 1 aliphatic rings. The molecule has 0 aromatic heterocycles. The summed E-state index contributed by atoms with van der Waals surface area (Å²) in [4.78, 5) is 0. The van der Waals surface area contributed by atoms with Crippen molar-refractivity contribution in [1.29, 1.82) is 0 Å². The van der Waals surface area contributed by atoms with Gasteiger partial charge in [0.05, 0.1) is 0 Å². The fourth-order valence-electron chi connectivity index (χ4n) is 2.24. The van der Waals surface area contributed by atoms with Gasteiger partial charge in [0, 0.05) is 19.3 Å². The van der Waals surface area contributed by atoms with Gasteiger partial charge in [0.2, 0.25) is 0 Å². The Morgan fingerprint density at radius 2 is 2.08 bits per heavy atom. The Labute approximate surface area is 81.8 Å². The molecule has 78 valence electrons. The van der Waals surface area contributed by atoms with Crippen LogP contribution in [0.25, 0.3) is 0 Å². The van der Waals surface area contributed by atoms with Crippen molar-refractivity contribution < 1.29 is 4.74 Å². The molecule has 13 heavy (non-hydrogen) atoms. The molecule has 1 heterocycles. The zero-order chi connectivity index (χ0) is 9.68. The van der Waals surface area contributed by atoms with Gasteiger partial charge in [0.15, 0.2) is 0 Å². The van der Waals surface area contributed by atoms with Gasteiger partial charge in [-0.1, -0.05) is 26.7 Å². The fraction of sp³-hybridized carbons (Fsp3) is 1.00. The molecule has 2 heteroatoms. The summed E-state index contributed by atoms with van der Waals surface area (Å²) in [6.45, 7) is 6.35. The number of nitrogens with two attached hydrogens (primary N) is 1. The van der Waals surface area contributed by atoms with E-state index in [0.717, 1.165) is 25.6 Å². The van der Waals surface area contributed by atoms with Crippen LogP contribution in [0, 0.1) is 11.8 Å². The van der Waals surface area contributed by atoms with Gasteiger partial charge in [-0.3, -0.25) is 0 Å². The summed E-state index contributed by atoms with van der Waals surface area (Å²) in [6, 6.07) is 0.390. The molecule has 0 saturated carbocycles. The molecule has 2 N–H and O–H groups in total. The second-order valence-corrected chi connectivity index (χ2v) is 4.21. The molecular formula is C11H23NO. The highest BCUT2D eigenvalue weighted by atomic mass is 16.5. The van der Waals surface area contributed by atoms with Crippen molar-refractivity contribution in [3.05, 3.63) is 0 Å². The lowest BCUT2D eigenvalue weighted by Gasteiger charge is -2.23. The van der Waals surface area contributed by atoms with E-state index in [1.165, 1.54) is 19.3 Å². The molecule has 0 spiro atoms. The summed E-state index contributed by atoms with van der Waals surface area (Å²) < 4.78 is 5.35. The molecule has 0 aromatic rings. The maximum Gasteiger partial charge on any atom is 0.0495 e. The van der Waals surface area contributed by atoms with Crippen LogP contribution in [0.15, 0.2) is 0 Å². The van der Waals surface area contributed by atoms with E-state index < -0.39 is 0 Å². The summed E-state index contributed by atoms with van der Waals surface area (Å²) in [7, 11) is 0. The second-order valence-electron chi connectivity index (χ2n) is 4.21. The summed E-state index contributed by atoms with van der Waals surface area (Å²) >= 11 is 0. The highest BCUT2D eigenvalue weighted by Gasteiger charge is 2.22. The smallest absolute Gasteiger partial charge is 0.0495 e. The van der Waals surface area contributed by atoms with Crippen molar-refractivity contribution in [1.82, 2.24) is 0 Å². The van der Waals surface area contributed by atoms with Crippen molar-refractivity contribution >= 4 is 0 Å². The molecule has 1 rings (SSSR count). The zero-order valence-electron chi connectivity index (χ0n) is 8.96. The zero-order valence-corrected chi connectivity index (χ0v) is 8.96. The van der Waals surface area contributed by atoms with Crippen LogP contribution >= 0.6 is 0 Å². The third kappa shape index (κ3) is 3.28. The molecule has 1 fully saturated rings. The Hall–Kier alpha value is -0.0800. The number of rotatable bonds is 5. The van der Waals surface area contributed by atoms with Crippen molar-refractivity contribution in [3.8, 4) is 0 Å². The monoisotopic (exact) mass is 185 g/mol. The van der Waals surface area contributed by atoms with Crippen molar-refractivity contribution in [3.63, 3.8) is 0 Å². The van der Waals surface area contributed by atoms with Crippen LogP contribution in [0.4, 0.5) is 0 Å². The lowest BCUT2D eigenvalue weighted by molar-refractivity contribution is 0.179. The average molecular weight is 185 g/mol. The highest BCUT2D eigenvalue weighted by molar-refractivity contribution is 4.76. The average Bonchev–Trinajstić information content (AvgIpc) is 2.59. The molecule has 1 saturated heterocycles. The van der Waals surface area contributed by atoms with Crippen LogP contribution in [-0.2, 0) is 4.74 Å². The minimum Gasteiger partial charge on any atom is -0.381 e. The maximum absolute atomic E-state index is 6.16. The van der Waals surface area contributed by atoms with Crippen LogP contribution in [0.3, 0.4) is 0 Å². The van der Waals surface area contributed by atoms with Crippen LogP contribution in [0.5, 0.6) is 0 Å². The topological polar surface area (TPSA) is 35.2 Å². The van der Waals surface area contributed by atoms with E-state index in [2.05, 4.69) is 13.8 Å². The van der Waals surface area contributed by atoms with E-state index in [0.29, 0.717) is 12.0 Å². The van der Waals surface area contributed by atoms with E-state index >= 15 is 0 Å². The van der Waals surface area contributed by atoms with E-state index in [9.17, 15) is 0 Å². The van der Waals surface area contributed by atoms with Gasteiger partial charge >= 0.3 is 0 Å². The Morgan fingerprint density at radius 3 is 2.54 bits per heavy atom. The first-order valence-corrected chi connectivity index (χ1v) is 5.61. The van der Waals surface area contributed by atoms with Crippen molar-refractivity contribution in [2.45, 2.75) is 45.6 Å². The Balaban J connectivity index is 2.25. The van der Waals surface area contributed by atoms with Gasteiger partial charge < -0.3 is 10.5 Å². The standard InChI is InChI=1S/C11H23NO/c1-3-10(4-2)11(12)7-9-5-6-13-8-9/h9-11H,3-8,12H2,1-2H3. The van der Waals surface area contributed by atoms with Crippen LogP contribution in [0.2, 0.25) is 0 Å². The lowest BCUT2D eigenvalue weighted by atomic mass is 9.87. The Morgan fingerprint density at radius 1 is 1.38 bits per heavy atom. The quantitative estimate of drug-likeness (QED) is 0.712. The number of hydrogen-bond acceptors (Lipinski definition) is 2. The third-order valence-electron chi connectivity index (χ3n) is 3.28. The van der Waals surface area contributed by atoms with Crippen LogP contribution in [-0.4, -0.2) is 19.3 Å². The van der Waals surface area contributed by atoms with Crippen LogP contribution in [0.1, 0.15) is 39.5 Å². The predicted octanol–water partition coefficient (Wildman–Crippen LogP) is 2.18. The molecule has 2 unspecified atom stereocenters. The predicted molar refractivity (Wildman–Crippen MR) is 55.6 cm³/mol. The van der Waals surface area contributed by atoms with E-state index in [-0.39, 0.29) is 0 Å². The minimum atomic E-state index is 0.390. The second kappa shape index (κ2) is 5.61. The first kappa shape index (κ1) is 11.0. The summed E-state index contributed by atoms with van der Waals surface area (Å²) in [5, 5.41) is 0. The largest absolute Gasteiger partial charge is 0.381 e. The van der Waals surface area contributed by atoms with E-state index in [1.807, 2.05) is 0 Å². The molecule has 0 bridgehead atoms. The molecule has 1 aliphatic heterocycles. The summed E-state index contributed by atoms with van der Waals surface area (Å²) in [5.74, 6) is 1.44. The summed E-state index contributed by atoms with van der Waals surface area (Å²) in [6.07, 6.45) is 4.80. The molecular weight excluding hydrogens is 162 g/mol. The van der Waals surface area contributed by atoms with Gasteiger partial charge in [-0.15, -0.1) is 0 Å². The lowest BCUT2D eigenvalue weighted by Crippen LogP contribution is -2.31. The van der Waals surface area contributed by atoms with Gasteiger partial charge in [-0.05, 0) is 24.7 Å². The Kier molecular flexibility index (Phi) is 4.74. The van der Waals surface area contributed by atoms with Gasteiger partial charge in [0.25, 0.3) is 0 Å². The normalized spacial score (nSPS) is 25.4. The first-order chi connectivity index (χ1) is 6.27. The third-order valence-corrected chi connectivity index (χ3v) is 3.28. The molecule has 2 atom stereocenters. The highest BCUT2D eigenvalue weighted by Crippen LogP contribution is 2.22. The molecule has 0 radical (unpaired) electrons. The number of ether oxygens (including phenoxy) is 1. The molecule has 0 amide bonds. The molecule has 2 nitrogen and oxygen atoms in total. The fourth-order valence-corrected chi connectivity index (χ4v) is 2.24. The number of hydrogen-bond donors (Lipinski definition) is 1. The summed E-state index contributed by atoms with van der Waals surface area (Å²) in [5.41, 5.74) is 6.16. The van der Waals surface area contributed by atoms with E-state index in [1.54, 1.807) is 0 Å². The van der Waals surface area contributed by atoms with Gasteiger partial charge in [0.1, 0.15) is 0 Å². The molecule has 0 aromatic carbocycles. The SMILES string of the molecule is CCC(CC)C(N)CC1CCOC1. The minimum absolute atomic E-state index is 0.390. The van der Waals surface area contributed by atoms with Crippen molar-refractivity contribution in [2.24, 2.45) is 17.6 Å². The maximum atomic E-state index is 6.16. The first-order valence-electron chi connectivity index (χ1n) is 5.61.